The number of anilines is 1. The summed E-state index contributed by atoms with van der Waals surface area (Å²) in [5.74, 6) is 0.334. The summed E-state index contributed by atoms with van der Waals surface area (Å²) in [5, 5.41) is 18.8. The van der Waals surface area contributed by atoms with E-state index in [1.54, 1.807) is 11.3 Å². The maximum absolute atomic E-state index is 12.6. The summed E-state index contributed by atoms with van der Waals surface area (Å²) in [4.78, 5) is 18.8. The first kappa shape index (κ1) is 19.9. The SMILES string of the molecule is C=CCNc1nc2c(s1)C[C@]1(C)CCC([C@H](C)C(=O)NC3CC3)[C@H](O)[C@H]1[C@@H]2C. The maximum Gasteiger partial charge on any atom is 0.223 e. The topological polar surface area (TPSA) is 74.2 Å². The van der Waals surface area contributed by atoms with Crippen molar-refractivity contribution in [1.29, 1.82) is 0 Å². The van der Waals surface area contributed by atoms with E-state index in [0.717, 1.165) is 42.9 Å². The van der Waals surface area contributed by atoms with E-state index >= 15 is 0 Å². The largest absolute Gasteiger partial charge is 0.392 e. The van der Waals surface area contributed by atoms with Crippen molar-refractivity contribution in [3.05, 3.63) is 23.2 Å². The Kier molecular flexibility index (Phi) is 5.29. The number of rotatable bonds is 6. The van der Waals surface area contributed by atoms with Crippen LogP contribution in [0.3, 0.4) is 0 Å². The number of nitrogens with one attached hydrogen (secondary N) is 2. The summed E-state index contributed by atoms with van der Waals surface area (Å²) in [6.07, 6.45) is 6.50. The van der Waals surface area contributed by atoms with Gasteiger partial charge in [0.2, 0.25) is 5.91 Å². The van der Waals surface area contributed by atoms with Crippen LogP contribution >= 0.6 is 11.3 Å². The lowest BCUT2D eigenvalue weighted by Gasteiger charge is -2.53. The first-order valence-electron chi connectivity index (χ1n) is 10.7. The van der Waals surface area contributed by atoms with E-state index < -0.39 is 6.10 Å². The van der Waals surface area contributed by atoms with Crippen molar-refractivity contribution in [2.45, 2.75) is 70.9 Å². The van der Waals surface area contributed by atoms with Gasteiger partial charge in [0.1, 0.15) is 0 Å². The molecule has 3 N–H and O–H groups in total. The predicted octanol–water partition coefficient (Wildman–Crippen LogP) is 3.71. The van der Waals surface area contributed by atoms with Crippen LogP contribution in [0, 0.1) is 23.2 Å². The minimum atomic E-state index is -0.465. The molecule has 0 aliphatic heterocycles. The fourth-order valence-electron chi connectivity index (χ4n) is 5.54. The van der Waals surface area contributed by atoms with Gasteiger partial charge in [-0.3, -0.25) is 4.79 Å². The highest BCUT2D eigenvalue weighted by Crippen LogP contribution is 2.57. The number of thiazole rings is 1. The van der Waals surface area contributed by atoms with Gasteiger partial charge in [-0.1, -0.05) is 26.8 Å². The number of nitrogens with zero attached hydrogens (tertiary/aromatic N) is 1. The van der Waals surface area contributed by atoms with Crippen LogP contribution in [-0.4, -0.2) is 34.7 Å². The molecule has 0 radical (unpaired) electrons. The van der Waals surface area contributed by atoms with Crippen molar-refractivity contribution in [2.75, 3.05) is 11.9 Å². The number of amides is 1. The molecule has 1 aromatic rings. The highest BCUT2D eigenvalue weighted by Gasteiger charge is 2.54. The third kappa shape index (κ3) is 3.50. The monoisotopic (exact) mass is 403 g/mol. The lowest BCUT2D eigenvalue weighted by Crippen LogP contribution is -2.53. The van der Waals surface area contributed by atoms with Gasteiger partial charge in [-0.05, 0) is 49.4 Å². The van der Waals surface area contributed by atoms with E-state index in [4.69, 9.17) is 4.98 Å². The van der Waals surface area contributed by atoms with E-state index in [1.165, 1.54) is 4.88 Å². The third-order valence-electron chi connectivity index (χ3n) is 7.30. The van der Waals surface area contributed by atoms with E-state index in [9.17, 15) is 9.90 Å². The summed E-state index contributed by atoms with van der Waals surface area (Å²) in [5.41, 5.74) is 1.20. The summed E-state index contributed by atoms with van der Waals surface area (Å²) < 4.78 is 0. The predicted molar refractivity (Wildman–Crippen MR) is 114 cm³/mol. The lowest BCUT2D eigenvalue weighted by atomic mass is 9.53. The Morgan fingerprint density at radius 2 is 2.21 bits per heavy atom. The number of carbonyl (C=O) groups excluding carboxylic acids is 1. The van der Waals surface area contributed by atoms with Crippen LogP contribution in [0.2, 0.25) is 0 Å². The molecule has 0 bridgehead atoms. The molecule has 0 spiro atoms. The normalized spacial score (nSPS) is 35.4. The second kappa shape index (κ2) is 7.45. The second-order valence-corrected chi connectivity index (χ2v) is 10.5. The summed E-state index contributed by atoms with van der Waals surface area (Å²) in [7, 11) is 0. The van der Waals surface area contributed by atoms with Crippen molar-refractivity contribution in [3.8, 4) is 0 Å². The second-order valence-electron chi connectivity index (χ2n) is 9.41. The fourth-order valence-corrected chi connectivity index (χ4v) is 6.81. The Labute approximate surface area is 172 Å². The number of hydrogen-bond acceptors (Lipinski definition) is 5. The van der Waals surface area contributed by atoms with Gasteiger partial charge in [0.05, 0.1) is 11.8 Å². The number of carbonyl (C=O) groups is 1. The number of aromatic nitrogens is 1. The van der Waals surface area contributed by atoms with Crippen LogP contribution in [0.5, 0.6) is 0 Å². The molecular weight excluding hydrogens is 370 g/mol. The van der Waals surface area contributed by atoms with Crippen molar-refractivity contribution in [1.82, 2.24) is 10.3 Å². The highest BCUT2D eigenvalue weighted by atomic mass is 32.1. The number of hydrogen-bond donors (Lipinski definition) is 3. The van der Waals surface area contributed by atoms with Crippen LogP contribution in [0.15, 0.2) is 12.7 Å². The van der Waals surface area contributed by atoms with Crippen molar-refractivity contribution < 1.29 is 9.90 Å². The molecule has 0 aromatic carbocycles. The minimum Gasteiger partial charge on any atom is -0.392 e. The summed E-state index contributed by atoms with van der Waals surface area (Å²) in [6.45, 7) is 11.0. The highest BCUT2D eigenvalue weighted by molar-refractivity contribution is 7.15. The first-order chi connectivity index (χ1) is 13.3. The molecule has 154 valence electrons. The quantitative estimate of drug-likeness (QED) is 0.633. The van der Waals surface area contributed by atoms with Gasteiger partial charge in [0.15, 0.2) is 5.13 Å². The molecule has 2 fully saturated rings. The fraction of sp³-hybridized carbons (Fsp3) is 0.727. The molecule has 4 rings (SSSR count). The van der Waals surface area contributed by atoms with Crippen LogP contribution in [0.25, 0.3) is 0 Å². The smallest absolute Gasteiger partial charge is 0.223 e. The average molecular weight is 404 g/mol. The molecule has 2 saturated carbocycles. The maximum atomic E-state index is 12.6. The molecule has 1 unspecified atom stereocenters. The van der Waals surface area contributed by atoms with Gasteiger partial charge < -0.3 is 15.7 Å². The Morgan fingerprint density at radius 3 is 2.89 bits per heavy atom. The summed E-state index contributed by atoms with van der Waals surface area (Å²) in [6, 6.07) is 0.369. The minimum absolute atomic E-state index is 0.0258. The molecule has 5 nitrogen and oxygen atoms in total. The van der Waals surface area contributed by atoms with Crippen molar-refractivity contribution in [3.63, 3.8) is 0 Å². The van der Waals surface area contributed by atoms with Crippen LogP contribution in [0.4, 0.5) is 5.13 Å². The van der Waals surface area contributed by atoms with Gasteiger partial charge >= 0.3 is 0 Å². The molecule has 1 aromatic heterocycles. The molecule has 1 heterocycles. The van der Waals surface area contributed by atoms with Gasteiger partial charge in [0.25, 0.3) is 0 Å². The van der Waals surface area contributed by atoms with E-state index in [2.05, 4.69) is 31.1 Å². The summed E-state index contributed by atoms with van der Waals surface area (Å²) >= 11 is 1.74. The Bertz CT molecular complexity index is 759. The Balaban J connectivity index is 1.55. The molecule has 6 atom stereocenters. The first-order valence-corrected chi connectivity index (χ1v) is 11.5. The van der Waals surface area contributed by atoms with Crippen molar-refractivity contribution in [2.24, 2.45) is 23.2 Å². The number of aliphatic hydroxyl groups excluding tert-OH is 1. The Morgan fingerprint density at radius 1 is 1.46 bits per heavy atom. The third-order valence-corrected chi connectivity index (χ3v) is 8.33. The standard InChI is InChI=1S/C22H33N3O2S/c1-5-10-23-21-25-18-13(3)17-19(26)15(12(2)20(27)24-14-6-7-14)8-9-22(17,4)11-16(18)28-21/h5,12-15,17,19,26H,1,6-11H2,2-4H3,(H,23,25)(H,24,27)/t12-,13-,15?,17+,19-,22-/m0/s1. The number of fused-ring (bicyclic) bond motifs is 2. The molecule has 6 heteroatoms. The zero-order valence-corrected chi connectivity index (χ0v) is 18.0. The van der Waals surface area contributed by atoms with Crippen LogP contribution in [-0.2, 0) is 11.2 Å². The zero-order chi connectivity index (χ0) is 20.1. The van der Waals surface area contributed by atoms with E-state index in [1.807, 2.05) is 13.0 Å². The molecule has 28 heavy (non-hydrogen) atoms. The molecule has 3 aliphatic rings. The van der Waals surface area contributed by atoms with Gasteiger partial charge in [-0.15, -0.1) is 17.9 Å². The van der Waals surface area contributed by atoms with E-state index in [0.29, 0.717) is 12.6 Å². The van der Waals surface area contributed by atoms with Crippen LogP contribution < -0.4 is 10.6 Å². The molecule has 3 aliphatic carbocycles. The molecule has 1 amide bonds. The van der Waals surface area contributed by atoms with Crippen molar-refractivity contribution >= 4 is 22.4 Å². The zero-order valence-electron chi connectivity index (χ0n) is 17.2. The number of aliphatic hydroxyl groups is 1. The van der Waals surface area contributed by atoms with Gasteiger partial charge in [-0.25, -0.2) is 4.98 Å². The van der Waals surface area contributed by atoms with Crippen LogP contribution in [0.1, 0.15) is 62.9 Å². The van der Waals surface area contributed by atoms with Gasteiger partial charge in [-0.2, -0.15) is 0 Å². The molecular formula is C22H33N3O2S. The van der Waals surface area contributed by atoms with Gasteiger partial charge in [0, 0.05) is 29.3 Å². The Hall–Kier alpha value is -1.40. The van der Waals surface area contributed by atoms with E-state index in [-0.39, 0.29) is 35.0 Å². The average Bonchev–Trinajstić information content (AvgIpc) is 3.36. The lowest BCUT2D eigenvalue weighted by molar-refractivity contribution is -0.134. The molecule has 0 saturated heterocycles.